The lowest BCUT2D eigenvalue weighted by Gasteiger charge is -2.44. The zero-order valence-electron chi connectivity index (χ0n) is 14.3. The van der Waals surface area contributed by atoms with Gasteiger partial charge in [-0.3, -0.25) is 4.79 Å². The fourth-order valence-corrected chi connectivity index (χ4v) is 4.34. The van der Waals surface area contributed by atoms with Crippen LogP contribution >= 0.6 is 11.8 Å². The average molecular weight is 397 g/mol. The molecule has 0 radical (unpaired) electrons. The van der Waals surface area contributed by atoms with E-state index in [1.807, 2.05) is 0 Å². The maximum Gasteiger partial charge on any atom is 0.468 e. The van der Waals surface area contributed by atoms with Gasteiger partial charge in [-0.2, -0.15) is 13.2 Å². The van der Waals surface area contributed by atoms with E-state index in [0.717, 1.165) is 50.4 Å². The Hall–Kier alpha value is -2.00. The van der Waals surface area contributed by atoms with Crippen molar-refractivity contribution in [3.05, 3.63) is 41.9 Å². The Balaban J connectivity index is 1.37. The summed E-state index contributed by atoms with van der Waals surface area (Å²) in [4.78, 5) is 18.8. The monoisotopic (exact) mass is 397 g/mol. The molecule has 9 heteroatoms. The van der Waals surface area contributed by atoms with Gasteiger partial charge in [-0.15, -0.1) is 0 Å². The van der Waals surface area contributed by atoms with Gasteiger partial charge in [-0.25, -0.2) is 4.98 Å². The number of hydrogen-bond donors (Lipinski definition) is 1. The maximum absolute atomic E-state index is 12.5. The predicted octanol–water partition coefficient (Wildman–Crippen LogP) is 3.67. The van der Waals surface area contributed by atoms with E-state index in [2.05, 4.69) is 15.2 Å². The summed E-state index contributed by atoms with van der Waals surface area (Å²) in [5.74, 6) is -0.842. The van der Waals surface area contributed by atoms with E-state index < -0.39 is 12.1 Å². The number of aromatic nitrogens is 1. The first-order valence-electron chi connectivity index (χ1n) is 8.72. The molecule has 144 valence electrons. The molecule has 1 aromatic carbocycles. The summed E-state index contributed by atoms with van der Waals surface area (Å²) in [7, 11) is 0. The number of halogens is 3. The number of rotatable bonds is 4. The molecule has 2 aromatic rings. The van der Waals surface area contributed by atoms with Crippen molar-refractivity contribution in [1.29, 1.82) is 0 Å². The van der Waals surface area contributed by atoms with Crippen LogP contribution < -0.4 is 5.32 Å². The third kappa shape index (κ3) is 4.14. The van der Waals surface area contributed by atoms with E-state index in [4.69, 9.17) is 4.42 Å². The lowest BCUT2D eigenvalue weighted by molar-refractivity contribution is -0.158. The molecule has 3 fully saturated rings. The third-order valence-corrected chi connectivity index (χ3v) is 5.93. The predicted molar refractivity (Wildman–Crippen MR) is 92.5 cm³/mol. The lowest BCUT2D eigenvalue weighted by Crippen LogP contribution is -2.57. The second kappa shape index (κ2) is 7.20. The molecule has 1 amide bonds. The fourth-order valence-electron chi connectivity index (χ4n) is 3.61. The second-order valence-electron chi connectivity index (χ2n) is 6.83. The smallest absolute Gasteiger partial charge is 0.426 e. The minimum Gasteiger partial charge on any atom is -0.426 e. The van der Waals surface area contributed by atoms with Gasteiger partial charge in [0.15, 0.2) is 5.09 Å². The second-order valence-corrected chi connectivity index (χ2v) is 7.90. The molecule has 0 unspecified atom stereocenters. The van der Waals surface area contributed by atoms with Crippen LogP contribution in [0.25, 0.3) is 0 Å². The van der Waals surface area contributed by atoms with Crippen LogP contribution in [0.15, 0.2) is 44.9 Å². The zero-order valence-corrected chi connectivity index (χ0v) is 15.1. The number of oxazole rings is 1. The molecular weight excluding hydrogens is 379 g/mol. The van der Waals surface area contributed by atoms with E-state index in [-0.39, 0.29) is 17.0 Å². The molecule has 0 aliphatic carbocycles. The normalized spacial score (nSPS) is 24.8. The molecule has 0 spiro atoms. The van der Waals surface area contributed by atoms with Crippen molar-refractivity contribution in [3.63, 3.8) is 0 Å². The molecular formula is C18H18F3N3O2S. The van der Waals surface area contributed by atoms with Gasteiger partial charge in [-0.1, -0.05) is 11.8 Å². The van der Waals surface area contributed by atoms with Gasteiger partial charge in [0.25, 0.3) is 5.91 Å². The summed E-state index contributed by atoms with van der Waals surface area (Å²) < 4.78 is 42.3. The summed E-state index contributed by atoms with van der Waals surface area (Å²) in [6.45, 7) is 3.12. The summed E-state index contributed by atoms with van der Waals surface area (Å²) >= 11 is 1.02. The number of fused-ring (bicyclic) bond motifs is 3. The van der Waals surface area contributed by atoms with Crippen molar-refractivity contribution in [2.24, 2.45) is 5.92 Å². The van der Waals surface area contributed by atoms with Crippen LogP contribution in [-0.4, -0.2) is 41.5 Å². The number of carbonyl (C=O) groups is 1. The topological polar surface area (TPSA) is 58.4 Å². The van der Waals surface area contributed by atoms with Crippen LogP contribution in [0, 0.1) is 5.92 Å². The van der Waals surface area contributed by atoms with Crippen molar-refractivity contribution < 1.29 is 22.4 Å². The number of piperidine rings is 3. The van der Waals surface area contributed by atoms with E-state index in [9.17, 15) is 18.0 Å². The van der Waals surface area contributed by atoms with Gasteiger partial charge in [0.05, 0.1) is 6.20 Å². The van der Waals surface area contributed by atoms with Crippen molar-refractivity contribution in [2.45, 2.75) is 35.0 Å². The molecule has 3 saturated heterocycles. The highest BCUT2D eigenvalue weighted by Gasteiger charge is 2.37. The number of hydrogen-bond acceptors (Lipinski definition) is 5. The molecule has 0 saturated carbocycles. The number of nitrogens with zero attached hydrogens (tertiary/aromatic N) is 2. The van der Waals surface area contributed by atoms with Crippen LogP contribution in [0.1, 0.15) is 29.1 Å². The van der Waals surface area contributed by atoms with E-state index in [1.54, 1.807) is 24.3 Å². The van der Waals surface area contributed by atoms with Crippen molar-refractivity contribution >= 4 is 17.7 Å². The molecule has 5 rings (SSSR count). The Kier molecular flexibility index (Phi) is 4.90. The van der Waals surface area contributed by atoms with Gasteiger partial charge in [0.2, 0.25) is 0 Å². The quantitative estimate of drug-likeness (QED) is 0.853. The minimum atomic E-state index is -4.60. The summed E-state index contributed by atoms with van der Waals surface area (Å²) in [6, 6.07) is 6.89. The highest BCUT2D eigenvalue weighted by atomic mass is 32.2. The standard InChI is InChI=1S/C18H18F3N3O2S/c19-18(20,21)17-22-9-15(26-17)27-13-3-1-12(2-4-13)16(25)23-14-10-24-7-5-11(14)6-8-24/h1-4,9,11,14H,5-8,10H2,(H,23,25)/t14-/m0/s1. The Labute approximate surface area is 158 Å². The molecule has 3 aliphatic rings. The van der Waals surface area contributed by atoms with Crippen LogP contribution in [0.2, 0.25) is 0 Å². The highest BCUT2D eigenvalue weighted by molar-refractivity contribution is 7.99. The van der Waals surface area contributed by atoms with Gasteiger partial charge in [0.1, 0.15) is 0 Å². The lowest BCUT2D eigenvalue weighted by atomic mass is 9.84. The fraction of sp³-hybridized carbons (Fsp3) is 0.444. The van der Waals surface area contributed by atoms with Gasteiger partial charge in [0, 0.05) is 23.0 Å². The Morgan fingerprint density at radius 1 is 1.22 bits per heavy atom. The number of benzene rings is 1. The molecule has 27 heavy (non-hydrogen) atoms. The first-order chi connectivity index (χ1) is 12.9. The van der Waals surface area contributed by atoms with Gasteiger partial charge >= 0.3 is 12.1 Å². The first kappa shape index (κ1) is 18.4. The molecule has 1 atom stereocenters. The Morgan fingerprint density at radius 2 is 1.93 bits per heavy atom. The summed E-state index contributed by atoms with van der Waals surface area (Å²) in [5.41, 5.74) is 0.532. The van der Waals surface area contributed by atoms with E-state index in [1.165, 1.54) is 0 Å². The largest absolute Gasteiger partial charge is 0.468 e. The molecule has 1 N–H and O–H groups in total. The molecule has 1 aromatic heterocycles. The van der Waals surface area contributed by atoms with Crippen LogP contribution in [0.5, 0.6) is 0 Å². The van der Waals surface area contributed by atoms with Gasteiger partial charge in [-0.05, 0) is 56.1 Å². The summed E-state index contributed by atoms with van der Waals surface area (Å²) in [5, 5.41) is 3.16. The van der Waals surface area contributed by atoms with E-state index >= 15 is 0 Å². The van der Waals surface area contributed by atoms with Crippen LogP contribution in [-0.2, 0) is 6.18 Å². The third-order valence-electron chi connectivity index (χ3n) is 5.03. The van der Waals surface area contributed by atoms with E-state index in [0.29, 0.717) is 16.4 Å². The number of amides is 1. The SMILES string of the molecule is O=C(N[C@H]1CN2CCC1CC2)c1ccc(Sc2cnc(C(F)(F)F)o2)cc1. The minimum absolute atomic E-state index is 0.0480. The maximum atomic E-state index is 12.5. The van der Waals surface area contributed by atoms with Crippen molar-refractivity contribution in [2.75, 3.05) is 19.6 Å². The highest BCUT2D eigenvalue weighted by Crippen LogP contribution is 2.34. The Morgan fingerprint density at radius 3 is 2.48 bits per heavy atom. The average Bonchev–Trinajstić information content (AvgIpc) is 3.12. The molecule has 4 heterocycles. The first-order valence-corrected chi connectivity index (χ1v) is 9.54. The number of alkyl halides is 3. The van der Waals surface area contributed by atoms with Crippen LogP contribution in [0.4, 0.5) is 13.2 Å². The zero-order chi connectivity index (χ0) is 19.0. The Bertz CT molecular complexity index is 814. The van der Waals surface area contributed by atoms with Crippen LogP contribution in [0.3, 0.4) is 0 Å². The molecule has 5 nitrogen and oxygen atoms in total. The number of carbonyl (C=O) groups excluding carboxylic acids is 1. The van der Waals surface area contributed by atoms with Gasteiger partial charge < -0.3 is 14.6 Å². The number of nitrogens with one attached hydrogen (secondary N) is 1. The molecule has 3 aliphatic heterocycles. The van der Waals surface area contributed by atoms with Crippen molar-refractivity contribution in [1.82, 2.24) is 15.2 Å². The summed E-state index contributed by atoms with van der Waals surface area (Å²) in [6.07, 6.45) is -1.31. The van der Waals surface area contributed by atoms with Crippen molar-refractivity contribution in [3.8, 4) is 0 Å². The molecule has 2 bridgehead atoms.